The average molecular weight is 316 g/mol. The molecule has 2 fully saturated rings. The van der Waals surface area contributed by atoms with E-state index in [0.29, 0.717) is 12.4 Å². The van der Waals surface area contributed by atoms with Crippen molar-refractivity contribution >= 4 is 17.6 Å². The molecule has 2 N–H and O–H groups in total. The lowest BCUT2D eigenvalue weighted by molar-refractivity contribution is -0.138. The van der Waals surface area contributed by atoms with Crippen LogP contribution in [-0.4, -0.2) is 47.9 Å². The van der Waals surface area contributed by atoms with Gasteiger partial charge in [-0.1, -0.05) is 6.07 Å². The van der Waals surface area contributed by atoms with Gasteiger partial charge in [0.1, 0.15) is 5.82 Å². The second kappa shape index (κ2) is 7.08. The number of hydrogen-bond donors (Lipinski definition) is 2. The summed E-state index contributed by atoms with van der Waals surface area (Å²) in [5, 5.41) is 6.11. The summed E-state index contributed by atoms with van der Waals surface area (Å²) < 4.78 is 0. The monoisotopic (exact) mass is 316 g/mol. The second-order valence-electron chi connectivity index (χ2n) is 6.47. The van der Waals surface area contributed by atoms with Crippen molar-refractivity contribution < 1.29 is 9.59 Å². The van der Waals surface area contributed by atoms with Crippen LogP contribution in [0.4, 0.5) is 5.82 Å². The average Bonchev–Trinajstić information content (AvgIpc) is 3.09. The Morgan fingerprint density at radius 2 is 2.17 bits per heavy atom. The van der Waals surface area contributed by atoms with E-state index in [1.165, 1.54) is 0 Å². The Balaban J connectivity index is 1.59. The quantitative estimate of drug-likeness (QED) is 0.878. The van der Waals surface area contributed by atoms with Gasteiger partial charge in [0.25, 0.3) is 0 Å². The van der Waals surface area contributed by atoms with E-state index in [4.69, 9.17) is 0 Å². The number of pyridine rings is 1. The minimum Gasteiger partial charge on any atom is -0.342 e. The number of amides is 2. The molecule has 2 aliphatic heterocycles. The number of hydrogen-bond acceptors (Lipinski definition) is 4. The van der Waals surface area contributed by atoms with Crippen molar-refractivity contribution in [2.45, 2.75) is 26.2 Å². The molecule has 23 heavy (non-hydrogen) atoms. The maximum absolute atomic E-state index is 12.5. The van der Waals surface area contributed by atoms with E-state index in [1.54, 1.807) is 6.07 Å². The normalized spacial score (nSPS) is 24.5. The summed E-state index contributed by atoms with van der Waals surface area (Å²) in [5.41, 5.74) is 0.872. The Kier molecular flexibility index (Phi) is 4.91. The van der Waals surface area contributed by atoms with Gasteiger partial charge in [0.15, 0.2) is 0 Å². The highest BCUT2D eigenvalue weighted by Gasteiger charge is 2.32. The van der Waals surface area contributed by atoms with Gasteiger partial charge in [-0.15, -0.1) is 0 Å². The molecule has 0 bridgehead atoms. The summed E-state index contributed by atoms with van der Waals surface area (Å²) >= 11 is 0. The topological polar surface area (TPSA) is 74.3 Å². The predicted octanol–water partition coefficient (Wildman–Crippen LogP) is 1.18. The first kappa shape index (κ1) is 15.9. The van der Waals surface area contributed by atoms with Crippen molar-refractivity contribution in [3.8, 4) is 0 Å². The number of aromatic nitrogens is 1. The molecular weight excluding hydrogens is 292 g/mol. The highest BCUT2D eigenvalue weighted by molar-refractivity contribution is 5.92. The van der Waals surface area contributed by atoms with Crippen LogP contribution in [-0.2, 0) is 9.59 Å². The number of likely N-dealkylation sites (tertiary alicyclic amines) is 1. The van der Waals surface area contributed by atoms with E-state index in [1.807, 2.05) is 24.0 Å². The first-order valence-corrected chi connectivity index (χ1v) is 8.37. The Hall–Kier alpha value is -1.95. The number of nitrogens with zero attached hydrogens (tertiary/aromatic N) is 2. The van der Waals surface area contributed by atoms with Gasteiger partial charge in [-0.05, 0) is 44.9 Å². The van der Waals surface area contributed by atoms with E-state index in [9.17, 15) is 9.59 Å². The molecule has 0 spiro atoms. The lowest BCUT2D eigenvalue weighted by Gasteiger charge is -2.33. The molecule has 6 heteroatoms. The number of carbonyl (C=O) groups is 2. The standard InChI is InChI=1S/C17H24N4O2/c1-12-4-2-6-15(19-12)20-16(22)14-5-3-9-21(11-14)17(23)13-7-8-18-10-13/h2,4,6,13-14,18H,3,5,7-11H2,1H3,(H,19,20,22). The molecule has 3 heterocycles. The van der Waals surface area contributed by atoms with E-state index in [-0.39, 0.29) is 23.7 Å². The first-order valence-electron chi connectivity index (χ1n) is 8.37. The van der Waals surface area contributed by atoms with Crippen LogP contribution in [0.3, 0.4) is 0 Å². The van der Waals surface area contributed by atoms with Crippen molar-refractivity contribution in [3.63, 3.8) is 0 Å². The predicted molar refractivity (Wildman–Crippen MR) is 87.9 cm³/mol. The van der Waals surface area contributed by atoms with Crippen molar-refractivity contribution in [2.75, 3.05) is 31.5 Å². The van der Waals surface area contributed by atoms with Gasteiger partial charge in [-0.25, -0.2) is 4.98 Å². The molecule has 3 rings (SSSR count). The van der Waals surface area contributed by atoms with Crippen LogP contribution < -0.4 is 10.6 Å². The lowest BCUT2D eigenvalue weighted by Crippen LogP contribution is -2.46. The largest absolute Gasteiger partial charge is 0.342 e. The molecular formula is C17H24N4O2. The summed E-state index contributed by atoms with van der Waals surface area (Å²) in [7, 11) is 0. The van der Waals surface area contributed by atoms with Crippen molar-refractivity contribution in [1.82, 2.24) is 15.2 Å². The third kappa shape index (κ3) is 3.88. The van der Waals surface area contributed by atoms with E-state index >= 15 is 0 Å². The second-order valence-corrected chi connectivity index (χ2v) is 6.47. The van der Waals surface area contributed by atoms with Gasteiger partial charge in [0.2, 0.25) is 11.8 Å². The maximum atomic E-state index is 12.5. The van der Waals surface area contributed by atoms with Crippen molar-refractivity contribution in [3.05, 3.63) is 23.9 Å². The Morgan fingerprint density at radius 1 is 1.30 bits per heavy atom. The molecule has 0 saturated carbocycles. The fourth-order valence-corrected chi connectivity index (χ4v) is 3.36. The molecule has 2 atom stereocenters. The van der Waals surface area contributed by atoms with Gasteiger partial charge in [-0.3, -0.25) is 9.59 Å². The van der Waals surface area contributed by atoms with Crippen LogP contribution >= 0.6 is 0 Å². The van der Waals surface area contributed by atoms with Crippen molar-refractivity contribution in [1.29, 1.82) is 0 Å². The summed E-state index contributed by atoms with van der Waals surface area (Å²) in [6, 6.07) is 5.56. The van der Waals surface area contributed by atoms with Crippen LogP contribution in [0.2, 0.25) is 0 Å². The molecule has 1 aromatic heterocycles. The maximum Gasteiger partial charge on any atom is 0.230 e. The molecule has 2 unspecified atom stereocenters. The SMILES string of the molecule is Cc1cccc(NC(=O)C2CCCN(C(=O)C3CCNC3)C2)n1. The number of piperidine rings is 1. The first-order chi connectivity index (χ1) is 11.1. The molecule has 2 amide bonds. The van der Waals surface area contributed by atoms with Gasteiger partial charge < -0.3 is 15.5 Å². The summed E-state index contributed by atoms with van der Waals surface area (Å²) in [6.07, 6.45) is 2.61. The van der Waals surface area contributed by atoms with Gasteiger partial charge >= 0.3 is 0 Å². The summed E-state index contributed by atoms with van der Waals surface area (Å²) in [6.45, 7) is 4.85. The highest BCUT2D eigenvalue weighted by atomic mass is 16.2. The highest BCUT2D eigenvalue weighted by Crippen LogP contribution is 2.21. The van der Waals surface area contributed by atoms with E-state index in [0.717, 1.165) is 44.6 Å². The summed E-state index contributed by atoms with van der Waals surface area (Å²) in [4.78, 5) is 31.2. The number of rotatable bonds is 3. The van der Waals surface area contributed by atoms with Crippen LogP contribution in [0.1, 0.15) is 25.0 Å². The van der Waals surface area contributed by atoms with Crippen LogP contribution in [0.15, 0.2) is 18.2 Å². The van der Waals surface area contributed by atoms with Gasteiger partial charge in [0.05, 0.1) is 11.8 Å². The molecule has 124 valence electrons. The van der Waals surface area contributed by atoms with E-state index < -0.39 is 0 Å². The van der Waals surface area contributed by atoms with Gasteiger partial charge in [0, 0.05) is 25.3 Å². The Labute approximate surface area is 136 Å². The number of aryl methyl sites for hydroxylation is 1. The third-order valence-electron chi connectivity index (χ3n) is 4.65. The fraction of sp³-hybridized carbons (Fsp3) is 0.588. The minimum atomic E-state index is -0.149. The zero-order valence-corrected chi connectivity index (χ0v) is 13.5. The Morgan fingerprint density at radius 3 is 2.91 bits per heavy atom. The number of carbonyl (C=O) groups excluding carboxylic acids is 2. The zero-order chi connectivity index (χ0) is 16.2. The molecule has 0 aromatic carbocycles. The fourth-order valence-electron chi connectivity index (χ4n) is 3.36. The van der Waals surface area contributed by atoms with Crippen LogP contribution in [0.25, 0.3) is 0 Å². The number of anilines is 1. The van der Waals surface area contributed by atoms with Crippen molar-refractivity contribution in [2.24, 2.45) is 11.8 Å². The smallest absolute Gasteiger partial charge is 0.230 e. The molecule has 0 aliphatic carbocycles. The molecule has 1 aromatic rings. The van der Waals surface area contributed by atoms with Crippen LogP contribution in [0, 0.1) is 18.8 Å². The molecule has 2 aliphatic rings. The molecule has 0 radical (unpaired) electrons. The van der Waals surface area contributed by atoms with Gasteiger partial charge in [-0.2, -0.15) is 0 Å². The zero-order valence-electron chi connectivity index (χ0n) is 13.5. The minimum absolute atomic E-state index is 0.0369. The number of nitrogens with one attached hydrogen (secondary N) is 2. The Bertz CT molecular complexity index is 584. The lowest BCUT2D eigenvalue weighted by atomic mass is 9.95. The van der Waals surface area contributed by atoms with Crippen LogP contribution in [0.5, 0.6) is 0 Å². The summed E-state index contributed by atoms with van der Waals surface area (Å²) in [5.74, 6) is 0.671. The molecule has 2 saturated heterocycles. The third-order valence-corrected chi connectivity index (χ3v) is 4.65. The molecule has 6 nitrogen and oxygen atoms in total. The van der Waals surface area contributed by atoms with E-state index in [2.05, 4.69) is 15.6 Å².